The van der Waals surface area contributed by atoms with Crippen LogP contribution in [0.3, 0.4) is 0 Å². The zero-order valence-corrected chi connectivity index (χ0v) is 75.4. The third-order valence-corrected chi connectivity index (χ3v) is 26.0. The van der Waals surface area contributed by atoms with E-state index in [4.69, 9.17) is 5.73 Å². The number of fused-ring (bicyclic) bond motifs is 4. The molecule has 9 aromatic carbocycles. The van der Waals surface area contributed by atoms with Crippen molar-refractivity contribution >= 4 is 113 Å². The van der Waals surface area contributed by atoms with Crippen molar-refractivity contribution in [1.29, 1.82) is 0 Å². The van der Waals surface area contributed by atoms with Gasteiger partial charge in [-0.25, -0.2) is 52.4 Å². The molecule has 7 aromatic heterocycles. The molecule has 1 amide bonds. The molecule has 0 atom stereocenters. The predicted octanol–water partition coefficient (Wildman–Crippen LogP) is 20.2. The number of nitrogens with zero attached hydrogens (tertiary/aromatic N) is 11. The van der Waals surface area contributed by atoms with Gasteiger partial charge in [-0.2, -0.15) is 42.3 Å². The molecule has 0 spiro atoms. The Morgan fingerprint density at radius 3 is 0.984 bits per heavy atom. The summed E-state index contributed by atoms with van der Waals surface area (Å²) in [5.74, 6) is -3.96. The molecule has 0 aliphatic carbocycles. The number of nitrogens with two attached hydrogens (primary N) is 1. The number of anilines is 4. The summed E-state index contributed by atoms with van der Waals surface area (Å²) < 4.78 is 188. The number of hydrogen-bond donors (Lipinski definition) is 5. The smallest absolute Gasteiger partial charge is 0.364 e. The van der Waals surface area contributed by atoms with Gasteiger partial charge in [0.2, 0.25) is 0 Å². The Bertz CT molecular complexity index is 7080. The molecule has 0 aliphatic rings. The van der Waals surface area contributed by atoms with Gasteiger partial charge in [0, 0.05) is 65.9 Å². The van der Waals surface area contributed by atoms with Crippen molar-refractivity contribution in [3.05, 3.63) is 318 Å². The van der Waals surface area contributed by atoms with Crippen molar-refractivity contribution in [3.63, 3.8) is 0 Å². The first-order valence-electron chi connectivity index (χ1n) is 40.1. The molecular weight excluding hydrogens is 1720 g/mol. The van der Waals surface area contributed by atoms with Crippen LogP contribution in [0.1, 0.15) is 140 Å². The predicted molar refractivity (Wildman–Crippen MR) is 489 cm³/mol. The van der Waals surface area contributed by atoms with Crippen LogP contribution in [0, 0.1) is 6.92 Å². The summed E-state index contributed by atoms with van der Waals surface area (Å²) in [6, 6.07) is 71.0. The first-order chi connectivity index (χ1) is 59.9. The van der Waals surface area contributed by atoms with Crippen molar-refractivity contribution in [3.8, 4) is 22.7 Å². The SMILES string of the molecule is CC(C)(C)c1ccc(S(=O)(=O)Nc2cc(C(C)(F)F)nn2-c2cccc3ncccc23)cc1.CC(C)(C)c1ccc(S(=O)(=O)Nc2cc(C(F)(F)F)nn2-c2cccc3ncccc23)cc1.CC(C)(C)c1ccc(S(=O)(=O)Nc2cc(C(N)=O)nn2-c2cccc3ncccc23)cc1.Cc1cc(NS(=O)(=O)c2ccc(C(C)(C)C)cc2)n(-c2ccc3ccccc3c2)n1. The molecule has 34 heteroatoms. The van der Waals surface area contributed by atoms with Crippen molar-refractivity contribution in [2.45, 2.75) is 150 Å². The quantitative estimate of drug-likeness (QED) is 0.0498. The molecule has 0 aliphatic heterocycles. The number of hydrogen-bond acceptors (Lipinski definition) is 16. The number of sulfonamides is 4. The van der Waals surface area contributed by atoms with Crippen molar-refractivity contribution in [2.75, 3.05) is 18.9 Å². The Kier molecular flexibility index (Phi) is 25.4. The highest BCUT2D eigenvalue weighted by molar-refractivity contribution is 7.93. The fourth-order valence-electron chi connectivity index (χ4n) is 13.6. The van der Waals surface area contributed by atoms with Crippen LogP contribution in [0.15, 0.2) is 293 Å². The Hall–Kier alpha value is -13.6. The number of rotatable bonds is 18. The zero-order chi connectivity index (χ0) is 92.7. The van der Waals surface area contributed by atoms with E-state index in [0.29, 0.717) is 57.5 Å². The van der Waals surface area contributed by atoms with E-state index in [9.17, 15) is 60.4 Å². The first kappa shape index (κ1) is 92.1. The second kappa shape index (κ2) is 35.3. The van der Waals surface area contributed by atoms with Gasteiger partial charge in [0.05, 0.1) is 64.6 Å². The van der Waals surface area contributed by atoms with E-state index in [1.54, 1.807) is 169 Å². The fraction of sp³-hybridized carbons (Fsp3) is 0.213. The molecule has 0 fully saturated rings. The van der Waals surface area contributed by atoms with Crippen LogP contribution >= 0.6 is 0 Å². The lowest BCUT2D eigenvalue weighted by Gasteiger charge is -2.19. The Balaban J connectivity index is 0.000000146. The maximum Gasteiger partial charge on any atom is 0.435 e. The second-order valence-electron chi connectivity index (χ2n) is 34.4. The molecule has 0 saturated heterocycles. The Labute approximate surface area is 738 Å². The first-order valence-corrected chi connectivity index (χ1v) is 46.0. The lowest BCUT2D eigenvalue weighted by Crippen LogP contribution is -2.17. The van der Waals surface area contributed by atoms with Crippen LogP contribution in [-0.4, -0.2) is 93.7 Å². The molecule has 16 rings (SSSR count). The zero-order valence-electron chi connectivity index (χ0n) is 72.2. The van der Waals surface area contributed by atoms with E-state index in [0.717, 1.165) is 60.5 Å². The number of nitrogens with one attached hydrogen (secondary N) is 4. The van der Waals surface area contributed by atoms with Crippen LogP contribution in [-0.2, 0) is 73.9 Å². The monoisotopic (exact) mass is 1810 g/mol. The minimum absolute atomic E-state index is 0.0210. The van der Waals surface area contributed by atoms with Crippen molar-refractivity contribution < 1.29 is 60.4 Å². The number of pyridine rings is 3. The maximum absolute atomic E-state index is 14.1. The fourth-order valence-corrected chi connectivity index (χ4v) is 17.7. The second-order valence-corrected chi connectivity index (χ2v) is 41.1. The van der Waals surface area contributed by atoms with Crippen LogP contribution < -0.4 is 24.6 Å². The molecule has 128 heavy (non-hydrogen) atoms. The highest BCUT2D eigenvalue weighted by Crippen LogP contribution is 2.38. The van der Waals surface area contributed by atoms with E-state index < -0.39 is 69.5 Å². The maximum atomic E-state index is 14.1. The molecule has 16 aromatic rings. The summed E-state index contributed by atoms with van der Waals surface area (Å²) in [5, 5.41) is 20.5. The summed E-state index contributed by atoms with van der Waals surface area (Å²) in [4.78, 5) is 24.8. The minimum atomic E-state index is -4.76. The number of carbonyl (C=O) groups excluding carboxylic acids is 1. The lowest BCUT2D eigenvalue weighted by atomic mass is 9.87. The normalized spacial score (nSPS) is 12.5. The summed E-state index contributed by atoms with van der Waals surface area (Å²) in [7, 11) is -15.9. The number of amides is 1. The molecule has 0 bridgehead atoms. The van der Waals surface area contributed by atoms with Gasteiger partial charge in [-0.3, -0.25) is 38.6 Å². The highest BCUT2D eigenvalue weighted by Gasteiger charge is 2.37. The van der Waals surface area contributed by atoms with Crippen molar-refractivity contribution in [2.24, 2.45) is 5.73 Å². The van der Waals surface area contributed by atoms with Crippen LogP contribution in [0.2, 0.25) is 0 Å². The van der Waals surface area contributed by atoms with E-state index in [2.05, 4.69) is 95.8 Å². The van der Waals surface area contributed by atoms with E-state index in [1.165, 1.54) is 39.7 Å². The Morgan fingerprint density at radius 1 is 0.328 bits per heavy atom. The largest absolute Gasteiger partial charge is 0.435 e. The number of benzene rings is 9. The topological polar surface area (TPSA) is 338 Å². The third kappa shape index (κ3) is 21.1. The lowest BCUT2D eigenvalue weighted by molar-refractivity contribution is -0.141. The number of aryl methyl sites for hydroxylation is 1. The van der Waals surface area contributed by atoms with Gasteiger partial charge in [-0.15, -0.1) is 0 Å². The van der Waals surface area contributed by atoms with E-state index in [1.807, 2.05) is 115 Å². The van der Waals surface area contributed by atoms with E-state index in [-0.39, 0.29) is 70.1 Å². The van der Waals surface area contributed by atoms with Gasteiger partial charge in [-0.05, 0) is 195 Å². The average molecular weight is 1810 g/mol. The number of alkyl halides is 5. The summed E-state index contributed by atoms with van der Waals surface area (Å²) in [6.07, 6.45) is 0.0739. The molecule has 6 N–H and O–H groups in total. The van der Waals surface area contributed by atoms with Crippen LogP contribution in [0.4, 0.5) is 45.2 Å². The highest BCUT2D eigenvalue weighted by atomic mass is 32.2. The molecule has 25 nitrogen and oxygen atoms in total. The van der Waals surface area contributed by atoms with Crippen molar-refractivity contribution in [1.82, 2.24) is 54.1 Å². The van der Waals surface area contributed by atoms with E-state index >= 15 is 0 Å². The number of aromatic nitrogens is 11. The molecule has 7 heterocycles. The van der Waals surface area contributed by atoms with Gasteiger partial charge in [-0.1, -0.05) is 180 Å². The van der Waals surface area contributed by atoms with Gasteiger partial charge in [0.25, 0.3) is 51.9 Å². The summed E-state index contributed by atoms with van der Waals surface area (Å²) >= 11 is 0. The number of carbonyl (C=O) groups is 1. The molecule has 662 valence electrons. The number of halogens is 5. The average Bonchev–Trinajstić information content (AvgIpc) is 1.60. The standard InChI is InChI=1S/C24H24F2N4O2S.C24H25N3O2S.C23H21F3N4O2S.C23H23N5O3S/c1-23(2,3)16-10-12-17(13-11-16)33(31,32)29-22-15-21(24(4,25)26)28-30(22)20-9-5-8-19-18(20)7-6-14-27-19;1-17-15-23(26-30(28,29)22-13-10-20(11-14-22)24(2,3)4)27(25-17)21-12-9-18-7-5-6-8-19(18)16-21;1-22(2,3)15-9-11-16(12-10-15)33(31,32)29-21-14-20(23(24,25)26)28-30(21)19-8-4-7-18-17(19)6-5-13-27-18;1-23(2,3)15-9-11-16(12-10-15)32(30,31)27-21-14-19(22(24)29)26-28(21)20-8-4-7-18-17(20)6-5-13-25-18/h5-15,29H,1-4H3;5-16,26H,1-4H3;4-14,29H,1-3H3;4-14,27H,1-3H3,(H2,24,29). The minimum Gasteiger partial charge on any atom is -0.364 e. The molecular formula is C94H93F5N16O9S4. The van der Waals surface area contributed by atoms with Crippen LogP contribution in [0.25, 0.3) is 66.2 Å². The summed E-state index contributed by atoms with van der Waals surface area (Å²) in [5.41, 5.74) is 11.7. The van der Waals surface area contributed by atoms with Gasteiger partial charge < -0.3 is 5.73 Å². The third-order valence-electron chi connectivity index (χ3n) is 20.6. The number of primary amides is 1. The van der Waals surface area contributed by atoms with Gasteiger partial charge >= 0.3 is 6.18 Å². The molecule has 0 radical (unpaired) electrons. The Morgan fingerprint density at radius 2 is 0.648 bits per heavy atom. The van der Waals surface area contributed by atoms with Crippen LogP contribution in [0.5, 0.6) is 0 Å². The molecule has 0 unspecified atom stereocenters. The summed E-state index contributed by atoms with van der Waals surface area (Å²) in [6.45, 7) is 27.1. The van der Waals surface area contributed by atoms with Gasteiger partial charge in [0.15, 0.2) is 11.4 Å². The molecule has 0 saturated carbocycles. The van der Waals surface area contributed by atoms with Gasteiger partial charge in [0.1, 0.15) is 29.0 Å².